The van der Waals surface area contributed by atoms with Gasteiger partial charge < -0.3 is 5.73 Å². The number of hydrogen-bond donors (Lipinski definition) is 1. The predicted molar refractivity (Wildman–Crippen MR) is 79.6 cm³/mol. The van der Waals surface area contributed by atoms with E-state index in [0.29, 0.717) is 22.8 Å². The van der Waals surface area contributed by atoms with E-state index in [2.05, 4.69) is 16.3 Å². The summed E-state index contributed by atoms with van der Waals surface area (Å²) >= 11 is 0. The number of nitriles is 1. The van der Waals surface area contributed by atoms with Crippen molar-refractivity contribution in [3.63, 3.8) is 0 Å². The first-order valence-electron chi connectivity index (χ1n) is 6.45. The van der Waals surface area contributed by atoms with Crippen LogP contribution in [0, 0.1) is 18.3 Å². The maximum absolute atomic E-state index is 9.27. The zero-order chi connectivity index (χ0) is 15.0. The number of anilines is 1. The van der Waals surface area contributed by atoms with E-state index >= 15 is 0 Å². The number of nitrogens with zero attached hydrogens (tertiary/aromatic N) is 5. The average Bonchev–Trinajstić information content (AvgIpc) is 3.02. The maximum atomic E-state index is 9.27. The summed E-state index contributed by atoms with van der Waals surface area (Å²) in [5.74, 6) is 0.658. The SMILES string of the molecule is Cc1nn(C)c(-n2cc(-c3cccc(N)c3)cn2)c1C#N. The van der Waals surface area contributed by atoms with Gasteiger partial charge in [-0.1, -0.05) is 12.1 Å². The van der Waals surface area contributed by atoms with E-state index in [1.54, 1.807) is 22.6 Å². The Morgan fingerprint density at radius 3 is 2.81 bits per heavy atom. The van der Waals surface area contributed by atoms with Gasteiger partial charge in [0.15, 0.2) is 5.82 Å². The van der Waals surface area contributed by atoms with Gasteiger partial charge in [-0.3, -0.25) is 0 Å². The van der Waals surface area contributed by atoms with Crippen molar-refractivity contribution in [2.24, 2.45) is 7.05 Å². The van der Waals surface area contributed by atoms with Crippen molar-refractivity contribution in [1.29, 1.82) is 5.26 Å². The van der Waals surface area contributed by atoms with Gasteiger partial charge in [-0.2, -0.15) is 15.5 Å². The first-order valence-corrected chi connectivity index (χ1v) is 6.45. The van der Waals surface area contributed by atoms with Crippen LogP contribution in [0.2, 0.25) is 0 Å². The minimum absolute atomic E-state index is 0.528. The van der Waals surface area contributed by atoms with Crippen molar-refractivity contribution in [2.75, 3.05) is 5.73 Å². The van der Waals surface area contributed by atoms with Crippen LogP contribution in [0.25, 0.3) is 16.9 Å². The number of aryl methyl sites for hydroxylation is 2. The first-order chi connectivity index (χ1) is 10.1. The first kappa shape index (κ1) is 12.9. The number of rotatable bonds is 2. The number of benzene rings is 1. The third-order valence-corrected chi connectivity index (χ3v) is 3.32. The molecule has 2 heterocycles. The van der Waals surface area contributed by atoms with Crippen LogP contribution in [0.4, 0.5) is 5.69 Å². The third-order valence-electron chi connectivity index (χ3n) is 3.32. The normalized spacial score (nSPS) is 10.5. The summed E-state index contributed by atoms with van der Waals surface area (Å²) in [7, 11) is 1.80. The Labute approximate surface area is 122 Å². The molecule has 0 saturated carbocycles. The van der Waals surface area contributed by atoms with Crippen molar-refractivity contribution in [3.05, 3.63) is 47.9 Å². The molecule has 2 N–H and O–H groups in total. The summed E-state index contributed by atoms with van der Waals surface area (Å²) in [4.78, 5) is 0. The molecule has 21 heavy (non-hydrogen) atoms. The fourth-order valence-electron chi connectivity index (χ4n) is 2.35. The average molecular weight is 278 g/mol. The van der Waals surface area contributed by atoms with E-state index < -0.39 is 0 Å². The largest absolute Gasteiger partial charge is 0.399 e. The summed E-state index contributed by atoms with van der Waals surface area (Å²) in [5.41, 5.74) is 9.64. The van der Waals surface area contributed by atoms with Crippen LogP contribution in [0.5, 0.6) is 0 Å². The van der Waals surface area contributed by atoms with Gasteiger partial charge in [0.1, 0.15) is 11.6 Å². The van der Waals surface area contributed by atoms with Crippen molar-refractivity contribution < 1.29 is 0 Å². The highest BCUT2D eigenvalue weighted by atomic mass is 15.4. The third kappa shape index (κ3) is 2.15. The number of nitrogen functional groups attached to an aromatic ring is 1. The smallest absolute Gasteiger partial charge is 0.169 e. The molecule has 2 aromatic heterocycles. The minimum atomic E-state index is 0.528. The molecule has 0 atom stereocenters. The second kappa shape index (κ2) is 4.80. The zero-order valence-electron chi connectivity index (χ0n) is 11.8. The molecule has 0 amide bonds. The lowest BCUT2D eigenvalue weighted by atomic mass is 10.1. The quantitative estimate of drug-likeness (QED) is 0.727. The van der Waals surface area contributed by atoms with Gasteiger partial charge >= 0.3 is 0 Å². The summed E-state index contributed by atoms with van der Waals surface area (Å²) in [6, 6.07) is 9.78. The molecule has 1 aromatic carbocycles. The van der Waals surface area contributed by atoms with E-state index in [0.717, 1.165) is 11.1 Å². The fourth-order valence-corrected chi connectivity index (χ4v) is 2.35. The summed E-state index contributed by atoms with van der Waals surface area (Å²) in [6.07, 6.45) is 3.62. The Balaban J connectivity index is 2.10. The van der Waals surface area contributed by atoms with E-state index in [1.165, 1.54) is 0 Å². The standard InChI is InChI=1S/C15H14N6/c1-10-14(7-16)15(20(2)19-10)21-9-12(8-18-21)11-4-3-5-13(17)6-11/h3-6,8-9H,17H2,1-2H3. The molecule has 0 aliphatic carbocycles. The maximum Gasteiger partial charge on any atom is 0.169 e. The predicted octanol–water partition coefficient (Wildman–Crippen LogP) is 2.04. The molecule has 3 rings (SSSR count). The molecule has 0 unspecified atom stereocenters. The van der Waals surface area contributed by atoms with Crippen LogP contribution in [-0.4, -0.2) is 19.6 Å². The molecule has 0 aliphatic heterocycles. The Bertz CT molecular complexity index is 849. The van der Waals surface area contributed by atoms with Gasteiger partial charge in [-0.25, -0.2) is 9.36 Å². The van der Waals surface area contributed by atoms with Crippen molar-refractivity contribution in [2.45, 2.75) is 6.92 Å². The van der Waals surface area contributed by atoms with Crippen molar-refractivity contribution >= 4 is 5.69 Å². The van der Waals surface area contributed by atoms with Crippen LogP contribution in [-0.2, 0) is 7.05 Å². The lowest BCUT2D eigenvalue weighted by molar-refractivity contribution is 0.693. The molecule has 3 aromatic rings. The molecule has 0 aliphatic rings. The Morgan fingerprint density at radius 2 is 2.10 bits per heavy atom. The fraction of sp³-hybridized carbons (Fsp3) is 0.133. The highest BCUT2D eigenvalue weighted by molar-refractivity contribution is 5.66. The molecule has 0 bridgehead atoms. The van der Waals surface area contributed by atoms with Crippen LogP contribution in [0.15, 0.2) is 36.7 Å². The van der Waals surface area contributed by atoms with Crippen molar-refractivity contribution in [1.82, 2.24) is 19.6 Å². The van der Waals surface area contributed by atoms with Gasteiger partial charge in [0, 0.05) is 24.5 Å². The summed E-state index contributed by atoms with van der Waals surface area (Å²) in [6.45, 7) is 1.81. The Kier molecular flexibility index (Phi) is 2.95. The molecular weight excluding hydrogens is 264 g/mol. The lowest BCUT2D eigenvalue weighted by Crippen LogP contribution is -2.04. The second-order valence-corrected chi connectivity index (χ2v) is 4.82. The van der Waals surface area contributed by atoms with Gasteiger partial charge in [0.25, 0.3) is 0 Å². The highest BCUT2D eigenvalue weighted by Crippen LogP contribution is 2.23. The Morgan fingerprint density at radius 1 is 1.29 bits per heavy atom. The van der Waals surface area contributed by atoms with Crippen molar-refractivity contribution in [3.8, 4) is 23.0 Å². The van der Waals surface area contributed by atoms with E-state index in [4.69, 9.17) is 5.73 Å². The number of aromatic nitrogens is 4. The highest BCUT2D eigenvalue weighted by Gasteiger charge is 2.16. The lowest BCUT2D eigenvalue weighted by Gasteiger charge is -2.02. The number of nitrogens with two attached hydrogens (primary N) is 1. The molecular formula is C15H14N6. The minimum Gasteiger partial charge on any atom is -0.399 e. The molecule has 0 saturated heterocycles. The molecule has 6 nitrogen and oxygen atoms in total. The molecule has 0 radical (unpaired) electrons. The monoisotopic (exact) mass is 278 g/mol. The van der Waals surface area contributed by atoms with Gasteiger partial charge in [-0.05, 0) is 24.6 Å². The Hall–Kier alpha value is -3.07. The van der Waals surface area contributed by atoms with Crippen LogP contribution < -0.4 is 5.73 Å². The number of hydrogen-bond acceptors (Lipinski definition) is 4. The summed E-state index contributed by atoms with van der Waals surface area (Å²) < 4.78 is 3.32. The van der Waals surface area contributed by atoms with E-state index in [-0.39, 0.29) is 0 Å². The van der Waals surface area contributed by atoms with Crippen LogP contribution in [0.1, 0.15) is 11.3 Å². The zero-order valence-corrected chi connectivity index (χ0v) is 11.8. The van der Waals surface area contributed by atoms with Crippen LogP contribution >= 0.6 is 0 Å². The summed E-state index contributed by atoms with van der Waals surface area (Å²) in [5, 5.41) is 17.9. The van der Waals surface area contributed by atoms with Crippen LogP contribution in [0.3, 0.4) is 0 Å². The van der Waals surface area contributed by atoms with Gasteiger partial charge in [0.05, 0.1) is 11.9 Å². The second-order valence-electron chi connectivity index (χ2n) is 4.82. The van der Waals surface area contributed by atoms with Gasteiger partial charge in [-0.15, -0.1) is 0 Å². The topological polar surface area (TPSA) is 85.4 Å². The molecule has 0 fully saturated rings. The molecule has 104 valence electrons. The molecule has 0 spiro atoms. The van der Waals surface area contributed by atoms with E-state index in [9.17, 15) is 5.26 Å². The molecule has 6 heteroatoms. The van der Waals surface area contributed by atoms with E-state index in [1.807, 2.05) is 37.4 Å². The van der Waals surface area contributed by atoms with Gasteiger partial charge in [0.2, 0.25) is 0 Å².